The van der Waals surface area contributed by atoms with Crippen molar-refractivity contribution < 1.29 is 0 Å². The highest BCUT2D eigenvalue weighted by atomic mass is 15.3. The molecule has 1 aromatic rings. The third-order valence-electron chi connectivity index (χ3n) is 5.32. The summed E-state index contributed by atoms with van der Waals surface area (Å²) >= 11 is 0. The fraction of sp³-hybridized carbons (Fsp3) is 0.706. The quantitative estimate of drug-likeness (QED) is 0.918. The molecule has 0 radical (unpaired) electrons. The van der Waals surface area contributed by atoms with E-state index in [1.165, 1.54) is 52.0 Å². The van der Waals surface area contributed by atoms with Crippen molar-refractivity contribution >= 4 is 5.82 Å². The Kier molecular flexibility index (Phi) is 4.76. The number of rotatable bonds is 4. The van der Waals surface area contributed by atoms with E-state index >= 15 is 0 Å². The molecule has 4 nitrogen and oxygen atoms in total. The Labute approximate surface area is 128 Å². The van der Waals surface area contributed by atoms with Gasteiger partial charge in [-0.2, -0.15) is 0 Å². The Morgan fingerprint density at radius 2 is 1.90 bits per heavy atom. The van der Waals surface area contributed by atoms with Crippen LogP contribution in [-0.2, 0) is 0 Å². The molecular formula is C17H28N4. The monoisotopic (exact) mass is 288 g/mol. The molecule has 2 aliphatic rings. The second-order valence-electron chi connectivity index (χ2n) is 6.55. The number of piperazine rings is 1. The Hall–Kier alpha value is -1.13. The molecule has 0 amide bonds. The van der Waals surface area contributed by atoms with Gasteiger partial charge in [-0.15, -0.1) is 0 Å². The maximum absolute atomic E-state index is 4.47. The molecule has 0 bridgehead atoms. The molecule has 2 fully saturated rings. The van der Waals surface area contributed by atoms with Gasteiger partial charge in [-0.1, -0.05) is 13.0 Å². The Bertz CT molecular complexity index is 420. The summed E-state index contributed by atoms with van der Waals surface area (Å²) in [7, 11) is 0. The molecule has 1 N–H and O–H groups in total. The van der Waals surface area contributed by atoms with Gasteiger partial charge in [-0.3, -0.25) is 4.90 Å². The van der Waals surface area contributed by atoms with Gasteiger partial charge in [0, 0.05) is 38.9 Å². The van der Waals surface area contributed by atoms with Gasteiger partial charge in [0.2, 0.25) is 0 Å². The number of anilines is 1. The van der Waals surface area contributed by atoms with Gasteiger partial charge < -0.3 is 10.2 Å². The minimum atomic E-state index is 0.554. The predicted molar refractivity (Wildman–Crippen MR) is 87.7 cm³/mol. The van der Waals surface area contributed by atoms with E-state index in [1.54, 1.807) is 0 Å². The van der Waals surface area contributed by atoms with Crippen LogP contribution >= 0.6 is 0 Å². The molecule has 116 valence electrons. The molecule has 0 saturated carbocycles. The van der Waals surface area contributed by atoms with Gasteiger partial charge in [0.05, 0.1) is 0 Å². The molecule has 2 saturated heterocycles. The summed E-state index contributed by atoms with van der Waals surface area (Å²) in [5.74, 6) is 1.13. The molecule has 4 heteroatoms. The lowest BCUT2D eigenvalue weighted by molar-refractivity contribution is 0.102. The van der Waals surface area contributed by atoms with Crippen LogP contribution in [0.3, 0.4) is 0 Å². The summed E-state index contributed by atoms with van der Waals surface area (Å²) in [6.07, 6.45) is 5.88. The minimum Gasteiger partial charge on any atom is -0.354 e. The summed E-state index contributed by atoms with van der Waals surface area (Å²) in [5.41, 5.74) is 0.554. The van der Waals surface area contributed by atoms with E-state index in [0.29, 0.717) is 5.41 Å². The minimum absolute atomic E-state index is 0.554. The Morgan fingerprint density at radius 1 is 1.14 bits per heavy atom. The van der Waals surface area contributed by atoms with Crippen LogP contribution in [0.1, 0.15) is 26.2 Å². The van der Waals surface area contributed by atoms with Gasteiger partial charge in [0.15, 0.2) is 0 Å². The number of nitrogens with zero attached hydrogens (tertiary/aromatic N) is 3. The van der Waals surface area contributed by atoms with Crippen molar-refractivity contribution in [3.63, 3.8) is 0 Å². The van der Waals surface area contributed by atoms with Crippen LogP contribution in [0.15, 0.2) is 24.4 Å². The lowest BCUT2D eigenvalue weighted by Gasteiger charge is -2.44. The number of nitrogens with one attached hydrogen (secondary N) is 1. The average Bonchev–Trinajstić information content (AvgIpc) is 2.57. The second kappa shape index (κ2) is 6.75. The zero-order chi connectivity index (χ0) is 14.5. The molecule has 0 spiro atoms. The van der Waals surface area contributed by atoms with E-state index < -0.39 is 0 Å². The first kappa shape index (κ1) is 14.8. The van der Waals surface area contributed by atoms with Crippen molar-refractivity contribution in [3.8, 4) is 0 Å². The smallest absolute Gasteiger partial charge is 0.128 e. The number of aromatic nitrogens is 1. The van der Waals surface area contributed by atoms with Gasteiger partial charge in [0.25, 0.3) is 0 Å². The van der Waals surface area contributed by atoms with Gasteiger partial charge in [-0.05, 0) is 49.9 Å². The number of hydrogen-bond donors (Lipinski definition) is 1. The zero-order valence-electron chi connectivity index (χ0n) is 13.2. The van der Waals surface area contributed by atoms with E-state index in [1.807, 2.05) is 12.3 Å². The van der Waals surface area contributed by atoms with Crippen LogP contribution in [0, 0.1) is 5.41 Å². The van der Waals surface area contributed by atoms with E-state index in [-0.39, 0.29) is 0 Å². The van der Waals surface area contributed by atoms with Gasteiger partial charge in [-0.25, -0.2) is 4.98 Å². The Morgan fingerprint density at radius 3 is 2.52 bits per heavy atom. The van der Waals surface area contributed by atoms with Crippen molar-refractivity contribution in [1.82, 2.24) is 15.2 Å². The van der Waals surface area contributed by atoms with Crippen molar-refractivity contribution in [2.24, 2.45) is 5.41 Å². The van der Waals surface area contributed by atoms with Crippen LogP contribution in [0.2, 0.25) is 0 Å². The van der Waals surface area contributed by atoms with Crippen LogP contribution in [0.4, 0.5) is 5.82 Å². The standard InChI is InChI=1S/C17H28N4/c1-2-17(6-9-18-10-7-17)15-20-11-13-21(14-12-20)16-5-3-4-8-19-16/h3-5,8,18H,2,6-7,9-15H2,1H3. The molecule has 0 aromatic carbocycles. The number of hydrogen-bond acceptors (Lipinski definition) is 4. The summed E-state index contributed by atoms with van der Waals surface area (Å²) in [6, 6.07) is 6.19. The van der Waals surface area contributed by atoms with Crippen LogP contribution in [0.25, 0.3) is 0 Å². The molecule has 0 unspecified atom stereocenters. The van der Waals surface area contributed by atoms with E-state index in [2.05, 4.69) is 39.2 Å². The highest BCUT2D eigenvalue weighted by molar-refractivity contribution is 5.38. The summed E-state index contributed by atoms with van der Waals surface area (Å²) in [4.78, 5) is 9.56. The highest BCUT2D eigenvalue weighted by Gasteiger charge is 2.33. The van der Waals surface area contributed by atoms with Gasteiger partial charge in [0.1, 0.15) is 5.82 Å². The Balaban J connectivity index is 1.53. The molecule has 3 rings (SSSR count). The normalized spacial score (nSPS) is 23.2. The molecule has 21 heavy (non-hydrogen) atoms. The van der Waals surface area contributed by atoms with Crippen LogP contribution in [0.5, 0.6) is 0 Å². The molecule has 3 heterocycles. The van der Waals surface area contributed by atoms with Gasteiger partial charge >= 0.3 is 0 Å². The van der Waals surface area contributed by atoms with E-state index in [9.17, 15) is 0 Å². The SMILES string of the molecule is CCC1(CN2CCN(c3ccccn3)CC2)CCNCC1. The first-order chi connectivity index (χ1) is 10.3. The maximum atomic E-state index is 4.47. The van der Waals surface area contributed by atoms with Crippen LogP contribution < -0.4 is 10.2 Å². The van der Waals surface area contributed by atoms with E-state index in [4.69, 9.17) is 0 Å². The fourth-order valence-corrected chi connectivity index (χ4v) is 3.73. The van der Waals surface area contributed by atoms with E-state index in [0.717, 1.165) is 18.9 Å². The summed E-state index contributed by atoms with van der Waals surface area (Å²) in [6.45, 7) is 10.6. The topological polar surface area (TPSA) is 31.4 Å². The zero-order valence-corrected chi connectivity index (χ0v) is 13.2. The first-order valence-electron chi connectivity index (χ1n) is 8.40. The molecule has 0 atom stereocenters. The lowest BCUT2D eigenvalue weighted by atomic mass is 9.76. The number of pyridine rings is 1. The average molecular weight is 288 g/mol. The van der Waals surface area contributed by atoms with Crippen molar-refractivity contribution in [1.29, 1.82) is 0 Å². The molecular weight excluding hydrogens is 260 g/mol. The third kappa shape index (κ3) is 3.55. The van der Waals surface area contributed by atoms with Crippen LogP contribution in [-0.4, -0.2) is 55.7 Å². The summed E-state index contributed by atoms with van der Waals surface area (Å²) < 4.78 is 0. The maximum Gasteiger partial charge on any atom is 0.128 e. The molecule has 2 aliphatic heterocycles. The van der Waals surface area contributed by atoms with Crippen molar-refractivity contribution in [2.45, 2.75) is 26.2 Å². The fourth-order valence-electron chi connectivity index (χ4n) is 3.73. The second-order valence-corrected chi connectivity index (χ2v) is 6.55. The highest BCUT2D eigenvalue weighted by Crippen LogP contribution is 2.33. The third-order valence-corrected chi connectivity index (χ3v) is 5.32. The van der Waals surface area contributed by atoms with Crippen molar-refractivity contribution in [3.05, 3.63) is 24.4 Å². The molecule has 0 aliphatic carbocycles. The predicted octanol–water partition coefficient (Wildman–Crippen LogP) is 1.98. The number of piperidine rings is 1. The molecule has 1 aromatic heterocycles. The largest absolute Gasteiger partial charge is 0.354 e. The lowest BCUT2D eigenvalue weighted by Crippen LogP contribution is -2.51. The first-order valence-corrected chi connectivity index (χ1v) is 8.40. The summed E-state index contributed by atoms with van der Waals surface area (Å²) in [5, 5.41) is 3.50. The van der Waals surface area contributed by atoms with Crippen molar-refractivity contribution in [2.75, 3.05) is 50.7 Å².